The molecule has 0 radical (unpaired) electrons. The summed E-state index contributed by atoms with van der Waals surface area (Å²) in [6.07, 6.45) is 5.45. The van der Waals surface area contributed by atoms with Gasteiger partial charge in [-0.25, -0.2) is 4.98 Å². The number of aromatic nitrogens is 1. The first kappa shape index (κ1) is 12.0. The van der Waals surface area contributed by atoms with Crippen molar-refractivity contribution in [2.45, 2.75) is 51.9 Å². The van der Waals surface area contributed by atoms with E-state index in [-0.39, 0.29) is 0 Å². The summed E-state index contributed by atoms with van der Waals surface area (Å²) in [5.41, 5.74) is 6.56. The zero-order chi connectivity index (χ0) is 11.4. The van der Waals surface area contributed by atoms with E-state index in [0.29, 0.717) is 19.3 Å². The quantitative estimate of drug-likeness (QED) is 0.880. The van der Waals surface area contributed by atoms with Crippen LogP contribution in [0.1, 0.15) is 43.3 Å². The standard InChI is InChI=1S/C12H20N2OS/c1-9-2-4-11(5-3-9)15-7-10-8-16-12(6-13)14-10/h8-9,11H,2-7,13H2,1H3. The second-order valence-electron chi connectivity index (χ2n) is 4.63. The Morgan fingerprint density at radius 3 is 2.81 bits per heavy atom. The van der Waals surface area contributed by atoms with Gasteiger partial charge >= 0.3 is 0 Å². The highest BCUT2D eigenvalue weighted by molar-refractivity contribution is 7.09. The largest absolute Gasteiger partial charge is 0.372 e. The molecule has 2 rings (SSSR count). The predicted octanol–water partition coefficient (Wildman–Crippen LogP) is 2.70. The third kappa shape index (κ3) is 3.27. The molecular formula is C12H20N2OS. The molecule has 0 amide bonds. The summed E-state index contributed by atoms with van der Waals surface area (Å²) in [5.74, 6) is 0.878. The minimum atomic E-state index is 0.444. The summed E-state index contributed by atoms with van der Waals surface area (Å²) in [4.78, 5) is 4.40. The lowest BCUT2D eigenvalue weighted by molar-refractivity contribution is 0.00744. The smallest absolute Gasteiger partial charge is 0.107 e. The van der Waals surface area contributed by atoms with E-state index < -0.39 is 0 Å². The van der Waals surface area contributed by atoms with Crippen LogP contribution in [0.5, 0.6) is 0 Å². The highest BCUT2D eigenvalue weighted by Gasteiger charge is 2.18. The molecule has 1 fully saturated rings. The fraction of sp³-hybridized carbons (Fsp3) is 0.750. The fourth-order valence-corrected chi connectivity index (χ4v) is 2.77. The van der Waals surface area contributed by atoms with Crippen LogP contribution in [0.2, 0.25) is 0 Å². The SMILES string of the molecule is CC1CCC(OCc2csc(CN)n2)CC1. The molecule has 0 aromatic carbocycles. The highest BCUT2D eigenvalue weighted by Crippen LogP contribution is 2.26. The molecule has 1 aromatic rings. The van der Waals surface area contributed by atoms with Crippen molar-refractivity contribution in [2.24, 2.45) is 11.7 Å². The molecule has 0 unspecified atom stereocenters. The molecule has 1 aliphatic carbocycles. The van der Waals surface area contributed by atoms with E-state index in [1.54, 1.807) is 11.3 Å². The Morgan fingerprint density at radius 2 is 2.19 bits per heavy atom. The minimum Gasteiger partial charge on any atom is -0.372 e. The van der Waals surface area contributed by atoms with Gasteiger partial charge in [0.15, 0.2) is 0 Å². The lowest BCUT2D eigenvalue weighted by Gasteiger charge is -2.25. The van der Waals surface area contributed by atoms with Gasteiger partial charge in [0.2, 0.25) is 0 Å². The lowest BCUT2D eigenvalue weighted by atomic mass is 9.89. The molecule has 1 heterocycles. The Kier molecular flexibility index (Phi) is 4.32. The molecule has 0 aliphatic heterocycles. The minimum absolute atomic E-state index is 0.444. The zero-order valence-corrected chi connectivity index (χ0v) is 10.6. The summed E-state index contributed by atoms with van der Waals surface area (Å²) in [7, 11) is 0. The van der Waals surface area contributed by atoms with E-state index in [1.165, 1.54) is 25.7 Å². The van der Waals surface area contributed by atoms with Crippen LogP contribution in [0.4, 0.5) is 0 Å². The van der Waals surface area contributed by atoms with Crippen molar-refractivity contribution >= 4 is 11.3 Å². The van der Waals surface area contributed by atoms with Crippen LogP contribution in [-0.4, -0.2) is 11.1 Å². The lowest BCUT2D eigenvalue weighted by Crippen LogP contribution is -2.20. The highest BCUT2D eigenvalue weighted by atomic mass is 32.1. The van der Waals surface area contributed by atoms with Gasteiger partial charge in [-0.15, -0.1) is 11.3 Å². The molecule has 1 saturated carbocycles. The number of hydrogen-bond donors (Lipinski definition) is 1. The Labute approximate surface area is 101 Å². The first-order chi connectivity index (χ1) is 7.78. The molecule has 90 valence electrons. The third-order valence-electron chi connectivity index (χ3n) is 3.20. The second-order valence-corrected chi connectivity index (χ2v) is 5.57. The maximum absolute atomic E-state index is 5.88. The van der Waals surface area contributed by atoms with E-state index in [4.69, 9.17) is 10.5 Å². The normalized spacial score (nSPS) is 25.9. The maximum Gasteiger partial charge on any atom is 0.107 e. The Balaban J connectivity index is 1.74. The van der Waals surface area contributed by atoms with Crippen molar-refractivity contribution < 1.29 is 4.74 Å². The average Bonchev–Trinajstić information content (AvgIpc) is 2.76. The monoisotopic (exact) mass is 240 g/mol. The molecule has 0 spiro atoms. The van der Waals surface area contributed by atoms with Gasteiger partial charge in [-0.2, -0.15) is 0 Å². The van der Waals surface area contributed by atoms with E-state index in [2.05, 4.69) is 11.9 Å². The van der Waals surface area contributed by atoms with Gasteiger partial charge in [0, 0.05) is 11.9 Å². The van der Waals surface area contributed by atoms with Crippen LogP contribution in [0.3, 0.4) is 0 Å². The van der Waals surface area contributed by atoms with Gasteiger partial charge in [-0.05, 0) is 31.6 Å². The summed E-state index contributed by atoms with van der Waals surface area (Å²) in [6.45, 7) is 3.51. The van der Waals surface area contributed by atoms with Crippen molar-refractivity contribution in [1.82, 2.24) is 4.98 Å². The number of rotatable bonds is 4. The van der Waals surface area contributed by atoms with Crippen LogP contribution in [0.25, 0.3) is 0 Å². The molecule has 1 aromatic heterocycles. The number of ether oxygens (including phenoxy) is 1. The van der Waals surface area contributed by atoms with Gasteiger partial charge in [-0.1, -0.05) is 6.92 Å². The number of nitrogens with zero attached hydrogens (tertiary/aromatic N) is 1. The Morgan fingerprint density at radius 1 is 1.44 bits per heavy atom. The van der Waals surface area contributed by atoms with E-state index >= 15 is 0 Å². The third-order valence-corrected chi connectivity index (χ3v) is 4.12. The van der Waals surface area contributed by atoms with Gasteiger partial charge in [0.25, 0.3) is 0 Å². The van der Waals surface area contributed by atoms with Crippen molar-refractivity contribution in [2.75, 3.05) is 0 Å². The first-order valence-electron chi connectivity index (χ1n) is 6.03. The van der Waals surface area contributed by atoms with Crippen LogP contribution < -0.4 is 5.73 Å². The van der Waals surface area contributed by atoms with E-state index in [9.17, 15) is 0 Å². The average molecular weight is 240 g/mol. The topological polar surface area (TPSA) is 48.1 Å². The second kappa shape index (κ2) is 5.75. The van der Waals surface area contributed by atoms with Gasteiger partial charge < -0.3 is 10.5 Å². The van der Waals surface area contributed by atoms with Crippen molar-refractivity contribution in [1.29, 1.82) is 0 Å². The molecule has 1 aliphatic rings. The first-order valence-corrected chi connectivity index (χ1v) is 6.91. The molecule has 16 heavy (non-hydrogen) atoms. The number of hydrogen-bond acceptors (Lipinski definition) is 4. The Bertz CT molecular complexity index is 319. The summed E-state index contributed by atoms with van der Waals surface area (Å²) < 4.78 is 5.88. The van der Waals surface area contributed by atoms with Crippen LogP contribution >= 0.6 is 11.3 Å². The number of thiazole rings is 1. The molecule has 0 bridgehead atoms. The molecule has 2 N–H and O–H groups in total. The predicted molar refractivity (Wildman–Crippen MR) is 66.2 cm³/mol. The molecule has 3 nitrogen and oxygen atoms in total. The van der Waals surface area contributed by atoms with E-state index in [0.717, 1.165) is 16.6 Å². The molecular weight excluding hydrogens is 220 g/mol. The Hall–Kier alpha value is -0.450. The maximum atomic E-state index is 5.88. The van der Waals surface area contributed by atoms with Crippen LogP contribution in [0.15, 0.2) is 5.38 Å². The van der Waals surface area contributed by atoms with Crippen LogP contribution in [0, 0.1) is 5.92 Å². The summed E-state index contributed by atoms with van der Waals surface area (Å²) in [5, 5.41) is 3.05. The van der Waals surface area contributed by atoms with Crippen LogP contribution in [-0.2, 0) is 17.9 Å². The molecule has 4 heteroatoms. The van der Waals surface area contributed by atoms with Crippen molar-refractivity contribution in [3.63, 3.8) is 0 Å². The van der Waals surface area contributed by atoms with E-state index in [1.807, 2.05) is 5.38 Å². The molecule has 0 saturated heterocycles. The van der Waals surface area contributed by atoms with Gasteiger partial charge in [0.05, 0.1) is 18.4 Å². The summed E-state index contributed by atoms with van der Waals surface area (Å²) in [6, 6.07) is 0. The van der Waals surface area contributed by atoms with Crippen molar-refractivity contribution in [3.8, 4) is 0 Å². The fourth-order valence-electron chi connectivity index (χ4n) is 2.11. The summed E-state index contributed by atoms with van der Waals surface area (Å²) >= 11 is 1.62. The molecule has 0 atom stereocenters. The van der Waals surface area contributed by atoms with Gasteiger partial charge in [-0.3, -0.25) is 0 Å². The van der Waals surface area contributed by atoms with Gasteiger partial charge in [0.1, 0.15) is 5.01 Å². The number of nitrogens with two attached hydrogens (primary N) is 1. The zero-order valence-electron chi connectivity index (χ0n) is 9.82. The van der Waals surface area contributed by atoms with Crippen molar-refractivity contribution in [3.05, 3.63) is 16.1 Å².